The highest BCUT2D eigenvalue weighted by atomic mass is 35.5. The van der Waals surface area contributed by atoms with Crippen molar-refractivity contribution in [3.8, 4) is 5.75 Å². The summed E-state index contributed by atoms with van der Waals surface area (Å²) in [6, 6.07) is 8.24. The number of aryl methyl sites for hydroxylation is 1. The first kappa shape index (κ1) is 16.7. The third-order valence-corrected chi connectivity index (χ3v) is 3.43. The number of carbonyl (C=O) groups excluding carboxylic acids is 1. The first-order chi connectivity index (χ1) is 12.0. The van der Waals surface area contributed by atoms with Crippen molar-refractivity contribution in [2.75, 3.05) is 17.7 Å². The molecule has 25 heavy (non-hydrogen) atoms. The number of hydrogen-bond donors (Lipinski definition) is 2. The van der Waals surface area contributed by atoms with Crippen LogP contribution < -0.4 is 15.4 Å². The van der Waals surface area contributed by atoms with Gasteiger partial charge in [-0.3, -0.25) is 4.79 Å². The van der Waals surface area contributed by atoms with Crippen LogP contribution in [0, 0.1) is 6.92 Å². The van der Waals surface area contributed by atoms with Crippen molar-refractivity contribution in [1.29, 1.82) is 0 Å². The molecule has 0 unspecified atom stereocenters. The molecule has 3 aromatic rings. The van der Waals surface area contributed by atoms with Crippen molar-refractivity contribution >= 4 is 34.8 Å². The normalized spacial score (nSPS) is 10.4. The monoisotopic (exact) mass is 359 g/mol. The molecule has 2 aromatic heterocycles. The first-order valence-electron chi connectivity index (χ1n) is 7.22. The maximum Gasteiger partial charge on any atom is 0.275 e. The lowest BCUT2D eigenvalue weighted by atomic mass is 10.3. The van der Waals surface area contributed by atoms with Crippen LogP contribution in [0.15, 0.2) is 41.2 Å². The van der Waals surface area contributed by atoms with Crippen molar-refractivity contribution in [1.82, 2.24) is 15.1 Å². The number of amides is 1. The molecule has 0 saturated heterocycles. The van der Waals surface area contributed by atoms with Crippen LogP contribution in [0.1, 0.15) is 16.2 Å². The van der Waals surface area contributed by atoms with Gasteiger partial charge in [0, 0.05) is 17.2 Å². The summed E-state index contributed by atoms with van der Waals surface area (Å²) in [7, 11) is 1.55. The number of ether oxygens (including phenoxy) is 1. The summed E-state index contributed by atoms with van der Waals surface area (Å²) in [4.78, 5) is 20.3. The number of nitrogens with one attached hydrogen (secondary N) is 2. The molecule has 3 rings (SSSR count). The minimum Gasteiger partial charge on any atom is -0.495 e. The predicted octanol–water partition coefficient (Wildman–Crippen LogP) is 3.43. The van der Waals surface area contributed by atoms with Crippen LogP contribution in [-0.4, -0.2) is 28.1 Å². The quantitative estimate of drug-likeness (QED) is 0.719. The van der Waals surface area contributed by atoms with Crippen LogP contribution >= 0.6 is 11.6 Å². The molecule has 2 heterocycles. The number of hydrogen-bond acceptors (Lipinski definition) is 7. The highest BCUT2D eigenvalue weighted by Crippen LogP contribution is 2.29. The summed E-state index contributed by atoms with van der Waals surface area (Å²) in [6.45, 7) is 1.73. The number of anilines is 3. The molecule has 128 valence electrons. The second-order valence-corrected chi connectivity index (χ2v) is 5.47. The van der Waals surface area contributed by atoms with Gasteiger partial charge in [-0.25, -0.2) is 9.97 Å². The number of carbonyl (C=O) groups is 1. The summed E-state index contributed by atoms with van der Waals surface area (Å²) in [6.07, 6.45) is 1.28. The molecular formula is C16H14ClN5O3. The molecular weight excluding hydrogens is 346 g/mol. The molecule has 8 nitrogen and oxygen atoms in total. The van der Waals surface area contributed by atoms with Crippen LogP contribution in [-0.2, 0) is 0 Å². The molecule has 0 aliphatic rings. The summed E-state index contributed by atoms with van der Waals surface area (Å²) in [5.41, 5.74) is 0.784. The van der Waals surface area contributed by atoms with Crippen molar-refractivity contribution < 1.29 is 14.1 Å². The fraction of sp³-hybridized carbons (Fsp3) is 0.125. The number of rotatable bonds is 5. The molecule has 0 radical (unpaired) electrons. The molecule has 0 aliphatic carbocycles. The molecule has 0 bridgehead atoms. The highest BCUT2D eigenvalue weighted by molar-refractivity contribution is 6.31. The van der Waals surface area contributed by atoms with E-state index in [-0.39, 0.29) is 5.69 Å². The van der Waals surface area contributed by atoms with E-state index in [9.17, 15) is 4.79 Å². The van der Waals surface area contributed by atoms with E-state index in [1.165, 1.54) is 12.4 Å². The summed E-state index contributed by atoms with van der Waals surface area (Å²) < 4.78 is 10.2. The molecule has 1 aromatic carbocycles. The third kappa shape index (κ3) is 4.04. The van der Waals surface area contributed by atoms with Crippen molar-refractivity contribution in [2.24, 2.45) is 0 Å². The lowest BCUT2D eigenvalue weighted by Gasteiger charge is -2.11. The zero-order valence-electron chi connectivity index (χ0n) is 13.4. The van der Waals surface area contributed by atoms with E-state index in [1.807, 2.05) is 0 Å². The number of methoxy groups -OCH3 is 1. The van der Waals surface area contributed by atoms with Gasteiger partial charge in [0.15, 0.2) is 5.82 Å². The molecule has 1 amide bonds. The largest absolute Gasteiger partial charge is 0.495 e. The first-order valence-corrected chi connectivity index (χ1v) is 7.60. The molecule has 0 fully saturated rings. The van der Waals surface area contributed by atoms with Gasteiger partial charge in [0.25, 0.3) is 5.91 Å². The maximum absolute atomic E-state index is 12.2. The van der Waals surface area contributed by atoms with Crippen molar-refractivity contribution in [3.63, 3.8) is 0 Å². The van der Waals surface area contributed by atoms with Crippen LogP contribution in [0.4, 0.5) is 17.3 Å². The minimum absolute atomic E-state index is 0.166. The fourth-order valence-corrected chi connectivity index (χ4v) is 2.24. The van der Waals surface area contributed by atoms with Gasteiger partial charge in [0.2, 0.25) is 0 Å². The second kappa shape index (κ2) is 7.18. The number of benzene rings is 1. The lowest BCUT2D eigenvalue weighted by molar-refractivity contribution is 0.102. The molecule has 0 spiro atoms. The van der Waals surface area contributed by atoms with E-state index in [2.05, 4.69) is 25.8 Å². The number of nitrogens with zero attached hydrogens (tertiary/aromatic N) is 3. The zero-order chi connectivity index (χ0) is 17.8. The van der Waals surface area contributed by atoms with Gasteiger partial charge >= 0.3 is 0 Å². The van der Waals surface area contributed by atoms with E-state index in [4.69, 9.17) is 20.9 Å². The molecule has 2 N–H and O–H groups in total. The van der Waals surface area contributed by atoms with E-state index in [0.29, 0.717) is 33.9 Å². The fourth-order valence-electron chi connectivity index (χ4n) is 2.07. The minimum atomic E-state index is -0.434. The van der Waals surface area contributed by atoms with Gasteiger partial charge in [-0.15, -0.1) is 0 Å². The average molecular weight is 360 g/mol. The maximum atomic E-state index is 12.2. The third-order valence-electron chi connectivity index (χ3n) is 3.19. The Bertz CT molecular complexity index is 912. The van der Waals surface area contributed by atoms with Gasteiger partial charge in [-0.05, 0) is 25.1 Å². The average Bonchev–Trinajstić information content (AvgIpc) is 3.00. The van der Waals surface area contributed by atoms with Crippen LogP contribution in [0.2, 0.25) is 5.02 Å². The van der Waals surface area contributed by atoms with Gasteiger partial charge in [0.05, 0.1) is 12.8 Å². The Morgan fingerprint density at radius 2 is 2.04 bits per heavy atom. The van der Waals surface area contributed by atoms with E-state index < -0.39 is 5.91 Å². The van der Waals surface area contributed by atoms with Crippen LogP contribution in [0.5, 0.6) is 5.75 Å². The lowest BCUT2D eigenvalue weighted by Crippen LogP contribution is -2.14. The van der Waals surface area contributed by atoms with Gasteiger partial charge in [-0.2, -0.15) is 0 Å². The Labute approximate surface area is 148 Å². The van der Waals surface area contributed by atoms with E-state index >= 15 is 0 Å². The summed E-state index contributed by atoms with van der Waals surface area (Å²) in [5.74, 6) is 1.47. The van der Waals surface area contributed by atoms with Crippen molar-refractivity contribution in [2.45, 2.75) is 6.92 Å². The number of halogens is 1. The Hall–Kier alpha value is -3.13. The highest BCUT2D eigenvalue weighted by Gasteiger charge is 2.12. The predicted molar refractivity (Wildman–Crippen MR) is 92.5 cm³/mol. The van der Waals surface area contributed by atoms with Gasteiger partial charge < -0.3 is 19.9 Å². The van der Waals surface area contributed by atoms with Gasteiger partial charge in [0.1, 0.15) is 29.3 Å². The summed E-state index contributed by atoms with van der Waals surface area (Å²) in [5, 5.41) is 9.89. The topological polar surface area (TPSA) is 102 Å². The standard InChI is InChI=1S/C16H14ClN5O3/c1-9-5-15(22-25-9)21-16(23)12-7-14(19-8-18-12)20-11-6-10(17)3-4-13(11)24-2/h3-8H,1-2H3,(H,18,19,20)(H,21,22,23). The van der Waals surface area contributed by atoms with E-state index in [1.54, 1.807) is 38.3 Å². The van der Waals surface area contributed by atoms with Crippen molar-refractivity contribution in [3.05, 3.63) is 53.1 Å². The Morgan fingerprint density at radius 3 is 2.76 bits per heavy atom. The molecule has 9 heteroatoms. The molecule has 0 atom stereocenters. The van der Waals surface area contributed by atoms with Gasteiger partial charge in [-0.1, -0.05) is 16.8 Å². The number of aromatic nitrogens is 3. The molecule has 0 aliphatic heterocycles. The SMILES string of the molecule is COc1ccc(Cl)cc1Nc1cc(C(=O)Nc2cc(C)on2)ncn1. The molecule has 0 saturated carbocycles. The van der Waals surface area contributed by atoms with Crippen LogP contribution in [0.3, 0.4) is 0 Å². The van der Waals surface area contributed by atoms with Crippen LogP contribution in [0.25, 0.3) is 0 Å². The Kier molecular flexibility index (Phi) is 4.80. The summed E-state index contributed by atoms with van der Waals surface area (Å²) >= 11 is 6.01. The Balaban J connectivity index is 1.79. The zero-order valence-corrected chi connectivity index (χ0v) is 14.2. The Morgan fingerprint density at radius 1 is 1.20 bits per heavy atom. The smallest absolute Gasteiger partial charge is 0.275 e. The second-order valence-electron chi connectivity index (χ2n) is 5.04. The van der Waals surface area contributed by atoms with E-state index in [0.717, 1.165) is 0 Å².